The number of hydrogen-bond donors (Lipinski definition) is 3. The number of carboxylic acid groups (broad SMARTS) is 2. The van der Waals surface area contributed by atoms with Crippen LogP contribution < -0.4 is 5.32 Å². The third-order valence-corrected chi connectivity index (χ3v) is 9.25. The van der Waals surface area contributed by atoms with E-state index in [4.69, 9.17) is 19.3 Å². The van der Waals surface area contributed by atoms with Crippen LogP contribution in [0.3, 0.4) is 0 Å². The zero-order valence-electron chi connectivity index (χ0n) is 28.6. The summed E-state index contributed by atoms with van der Waals surface area (Å²) in [5.41, 5.74) is -1.77. The van der Waals surface area contributed by atoms with E-state index in [0.29, 0.717) is 25.1 Å². The Morgan fingerprint density at radius 3 is 2.46 bits per heavy atom. The molecule has 3 saturated heterocycles. The molecule has 0 saturated carbocycles. The van der Waals surface area contributed by atoms with E-state index in [1.807, 2.05) is 31.7 Å². The number of ether oxygens (including phenoxy) is 1. The van der Waals surface area contributed by atoms with Crippen LogP contribution in [0.25, 0.3) is 0 Å². The van der Waals surface area contributed by atoms with Crippen molar-refractivity contribution in [1.82, 2.24) is 15.1 Å². The largest absolute Gasteiger partial charge is 0.552 e. The molecule has 3 heterocycles. The third kappa shape index (κ3) is 11.4. The van der Waals surface area contributed by atoms with Gasteiger partial charge in [-0.25, -0.2) is 18.4 Å². The average molecular weight is 707 g/mol. The van der Waals surface area contributed by atoms with Crippen molar-refractivity contribution in [3.63, 3.8) is 0 Å². The van der Waals surface area contributed by atoms with Crippen LogP contribution in [0.5, 0.6) is 0 Å². The van der Waals surface area contributed by atoms with Crippen molar-refractivity contribution in [3.8, 4) is 6.07 Å². The normalized spacial score (nSPS) is 22.6. The van der Waals surface area contributed by atoms with Gasteiger partial charge in [0.25, 0.3) is 11.9 Å². The molecule has 0 radical (unpaired) electrons. The fraction of sp³-hybridized carbons (Fsp3) is 0.636. The number of benzene rings is 1. The molecule has 3 unspecified atom stereocenters. The van der Waals surface area contributed by atoms with Gasteiger partial charge in [-0.15, -0.1) is 0 Å². The second kappa shape index (κ2) is 17.6. The molecular formula is C33H45BF2N4O10. The van der Waals surface area contributed by atoms with Gasteiger partial charge in [0, 0.05) is 25.0 Å². The van der Waals surface area contributed by atoms with Crippen LogP contribution in [0, 0.1) is 11.3 Å². The van der Waals surface area contributed by atoms with E-state index in [1.165, 1.54) is 4.90 Å². The van der Waals surface area contributed by atoms with Crippen LogP contribution in [0.4, 0.5) is 13.6 Å². The predicted molar refractivity (Wildman–Crippen MR) is 174 cm³/mol. The number of alkyl halides is 2. The number of aliphatic carboxylic acids is 2. The van der Waals surface area contributed by atoms with Gasteiger partial charge < -0.3 is 34.5 Å². The van der Waals surface area contributed by atoms with Gasteiger partial charge in [-0.1, -0.05) is 37.3 Å². The highest BCUT2D eigenvalue weighted by Gasteiger charge is 2.55. The van der Waals surface area contributed by atoms with E-state index in [9.17, 15) is 43.0 Å². The maximum atomic E-state index is 12.8. The predicted octanol–water partition coefficient (Wildman–Crippen LogP) is 3.42. The quantitative estimate of drug-likeness (QED) is 0.269. The number of piperidine rings is 1. The van der Waals surface area contributed by atoms with Crippen molar-refractivity contribution in [2.24, 2.45) is 0 Å². The monoisotopic (exact) mass is 706 g/mol. The minimum atomic E-state index is -2.45. The molecule has 0 bridgehead atoms. The number of rotatable bonds is 12. The smallest absolute Gasteiger partial charge is 0.508 e. The van der Waals surface area contributed by atoms with Crippen molar-refractivity contribution in [3.05, 3.63) is 35.9 Å². The Labute approximate surface area is 290 Å². The fourth-order valence-electron chi connectivity index (χ4n) is 6.00. The highest BCUT2D eigenvalue weighted by molar-refractivity contribution is 6.50. The Balaban J connectivity index is 0.000000474. The summed E-state index contributed by atoms with van der Waals surface area (Å²) in [5, 5.41) is 30.3. The van der Waals surface area contributed by atoms with Gasteiger partial charge in [0.05, 0.1) is 37.4 Å². The lowest BCUT2D eigenvalue weighted by Gasteiger charge is -2.37. The number of hydrogen-bond acceptors (Lipinski definition) is 10. The molecule has 274 valence electrons. The molecule has 14 nitrogen and oxygen atoms in total. The van der Waals surface area contributed by atoms with Crippen LogP contribution in [0.15, 0.2) is 30.3 Å². The van der Waals surface area contributed by atoms with E-state index in [0.717, 1.165) is 19.3 Å². The molecule has 3 aliphatic rings. The number of nitrogens with zero attached hydrogens (tertiary/aromatic N) is 3. The second-order valence-electron chi connectivity index (χ2n) is 13.3. The Hall–Kier alpha value is -4.30. The molecule has 0 spiro atoms. The van der Waals surface area contributed by atoms with E-state index in [1.54, 1.807) is 30.3 Å². The van der Waals surface area contributed by atoms with Gasteiger partial charge in [0.2, 0.25) is 5.91 Å². The highest BCUT2D eigenvalue weighted by atomic mass is 19.3. The number of carbonyl (C=O) groups is 5. The molecule has 1 aromatic carbocycles. The maximum Gasteiger partial charge on any atom is 0.552 e. The average Bonchev–Trinajstić information content (AvgIpc) is 3.44. The summed E-state index contributed by atoms with van der Waals surface area (Å²) in [5.74, 6) is -8.07. The van der Waals surface area contributed by atoms with Crippen molar-refractivity contribution in [2.75, 3.05) is 26.2 Å². The Kier molecular flexibility index (Phi) is 14.1. The lowest BCUT2D eigenvalue weighted by atomic mass is 9.71. The standard InChI is InChI=1S/C24H28BN3O10.C9H17F2N/c26-10-9-19(29)28-11-5-4-8-17(28)15-36-23(35)27-18(12-16-6-2-1-3-7-16)25-37-21(32)14-24(38-25,22(33)34)13-20(30)31;1-4-8(2,3)12-6-5-9(10,11)7-12/h1-3,6-7,17-18H,4-5,8-9,11-15H2,(H,27,35)(H,30,31)(H,33,34);4-7H2,1-3H3. The van der Waals surface area contributed by atoms with Gasteiger partial charge in [0.1, 0.15) is 13.0 Å². The first-order valence-corrected chi connectivity index (χ1v) is 16.6. The summed E-state index contributed by atoms with van der Waals surface area (Å²) >= 11 is 0. The van der Waals surface area contributed by atoms with Gasteiger partial charge >= 0.3 is 25.2 Å². The minimum absolute atomic E-state index is 0.0242. The van der Waals surface area contributed by atoms with Gasteiger partial charge in [-0.05, 0) is 51.5 Å². The SMILES string of the molecule is CCC(C)(C)N1CCC(F)(F)C1.N#CCC(=O)N1CCCCC1COC(=O)NC(Cc1ccccc1)B1OC(=O)CC(CC(=O)O)(C(=O)O)O1. The number of likely N-dealkylation sites (tertiary alicyclic amines) is 2. The molecule has 3 atom stereocenters. The third-order valence-electron chi connectivity index (χ3n) is 9.25. The van der Waals surface area contributed by atoms with Crippen LogP contribution in [-0.4, -0.2) is 112 Å². The van der Waals surface area contributed by atoms with E-state index in [-0.39, 0.29) is 43.9 Å². The van der Waals surface area contributed by atoms with E-state index >= 15 is 0 Å². The molecule has 2 amide bonds. The Bertz CT molecular complexity index is 1410. The number of halogens is 2. The van der Waals surface area contributed by atoms with Crippen molar-refractivity contribution in [2.45, 2.75) is 108 Å². The highest BCUT2D eigenvalue weighted by Crippen LogP contribution is 2.33. The van der Waals surface area contributed by atoms with Crippen LogP contribution in [-0.2, 0) is 39.6 Å². The molecule has 50 heavy (non-hydrogen) atoms. The van der Waals surface area contributed by atoms with Crippen molar-refractivity contribution in [1.29, 1.82) is 5.26 Å². The lowest BCUT2D eigenvalue weighted by molar-refractivity contribution is -0.175. The molecular weight excluding hydrogens is 661 g/mol. The van der Waals surface area contributed by atoms with Gasteiger partial charge in [0.15, 0.2) is 5.60 Å². The summed E-state index contributed by atoms with van der Waals surface area (Å²) < 4.78 is 41.7. The molecule has 17 heteroatoms. The molecule has 0 aliphatic carbocycles. The number of nitriles is 1. The number of carboxylic acids is 2. The van der Waals surface area contributed by atoms with Crippen molar-refractivity contribution >= 4 is 37.0 Å². The second-order valence-corrected chi connectivity index (χ2v) is 13.3. The molecule has 3 fully saturated rings. The van der Waals surface area contributed by atoms with Crippen LogP contribution >= 0.6 is 0 Å². The summed E-state index contributed by atoms with van der Waals surface area (Å²) in [6, 6.07) is 10.1. The Morgan fingerprint density at radius 1 is 1.18 bits per heavy atom. The van der Waals surface area contributed by atoms with Crippen LogP contribution in [0.2, 0.25) is 0 Å². The topological polar surface area (TPSA) is 196 Å². The molecule has 3 N–H and O–H groups in total. The summed E-state index contributed by atoms with van der Waals surface area (Å²) in [4.78, 5) is 64.1. The summed E-state index contributed by atoms with van der Waals surface area (Å²) in [6.45, 7) is 6.85. The van der Waals surface area contributed by atoms with E-state index < -0.39 is 67.5 Å². The number of amides is 2. The fourth-order valence-corrected chi connectivity index (χ4v) is 6.00. The number of carbonyl (C=O) groups excluding carboxylic acids is 3. The first kappa shape index (κ1) is 40.1. The molecule has 4 rings (SSSR count). The molecule has 1 aromatic rings. The summed E-state index contributed by atoms with van der Waals surface area (Å²) in [7, 11) is -1.62. The Morgan fingerprint density at radius 2 is 1.88 bits per heavy atom. The van der Waals surface area contributed by atoms with Gasteiger partial charge in [-0.2, -0.15) is 5.26 Å². The zero-order chi connectivity index (χ0) is 37.1. The first-order valence-electron chi connectivity index (χ1n) is 16.6. The molecule has 0 aromatic heterocycles. The zero-order valence-corrected chi connectivity index (χ0v) is 28.6. The first-order chi connectivity index (χ1) is 23.5. The van der Waals surface area contributed by atoms with E-state index in [2.05, 4.69) is 5.32 Å². The summed E-state index contributed by atoms with van der Waals surface area (Å²) in [6.07, 6.45) is 0.110. The molecule has 3 aliphatic heterocycles. The minimum Gasteiger partial charge on any atom is -0.508 e. The lowest BCUT2D eigenvalue weighted by Crippen LogP contribution is -2.61. The van der Waals surface area contributed by atoms with Gasteiger partial charge in [-0.3, -0.25) is 19.3 Å². The number of nitrogens with one attached hydrogen (secondary N) is 1. The maximum absolute atomic E-state index is 12.8. The van der Waals surface area contributed by atoms with Crippen molar-refractivity contribution < 1.29 is 57.0 Å². The number of alkyl carbamates (subject to hydrolysis) is 1. The van der Waals surface area contributed by atoms with Crippen LogP contribution in [0.1, 0.15) is 77.7 Å².